The van der Waals surface area contributed by atoms with Gasteiger partial charge in [0, 0.05) is 31.4 Å². The van der Waals surface area contributed by atoms with E-state index in [0.29, 0.717) is 18.0 Å². The van der Waals surface area contributed by atoms with Crippen LogP contribution in [0.4, 0.5) is 0 Å². The lowest BCUT2D eigenvalue weighted by molar-refractivity contribution is 0.0745. The second-order valence-electron chi connectivity index (χ2n) is 4.48. The Bertz CT molecular complexity index is 377. The molecule has 0 saturated carbocycles. The molecule has 0 aliphatic carbocycles. The van der Waals surface area contributed by atoms with Gasteiger partial charge in [0.15, 0.2) is 0 Å². The van der Waals surface area contributed by atoms with Crippen molar-refractivity contribution in [3.05, 3.63) is 29.6 Å². The Kier molecular flexibility index (Phi) is 5.10. The van der Waals surface area contributed by atoms with E-state index >= 15 is 0 Å². The topological polar surface area (TPSA) is 59.2 Å². The predicted octanol–water partition coefficient (Wildman–Crippen LogP) is 1.66. The normalized spacial score (nSPS) is 10.6. The Morgan fingerprint density at radius 2 is 2.24 bits per heavy atom. The van der Waals surface area contributed by atoms with Crippen LogP contribution in [0.25, 0.3) is 0 Å². The molecule has 0 bridgehead atoms. The van der Waals surface area contributed by atoms with Crippen LogP contribution in [0.1, 0.15) is 36.8 Å². The molecule has 1 aromatic rings. The van der Waals surface area contributed by atoms with Gasteiger partial charge in [-0.15, -0.1) is 0 Å². The summed E-state index contributed by atoms with van der Waals surface area (Å²) in [4.78, 5) is 18.2. The fraction of sp³-hybridized carbons (Fsp3) is 0.538. The zero-order valence-corrected chi connectivity index (χ0v) is 10.8. The Morgan fingerprint density at radius 3 is 2.76 bits per heavy atom. The molecule has 0 unspecified atom stereocenters. The number of carbonyl (C=O) groups excluding carboxylic acids is 1. The van der Waals surface area contributed by atoms with Crippen molar-refractivity contribution in [3.63, 3.8) is 0 Å². The van der Waals surface area contributed by atoms with Crippen LogP contribution < -0.4 is 5.73 Å². The predicted molar refractivity (Wildman–Crippen MR) is 68.5 cm³/mol. The molecule has 2 N–H and O–H groups in total. The van der Waals surface area contributed by atoms with Gasteiger partial charge in [-0.2, -0.15) is 0 Å². The molecule has 4 heteroatoms. The Balaban J connectivity index is 2.85. The van der Waals surface area contributed by atoms with Gasteiger partial charge in [-0.1, -0.05) is 13.8 Å². The monoisotopic (exact) mass is 235 g/mol. The zero-order valence-electron chi connectivity index (χ0n) is 10.8. The van der Waals surface area contributed by atoms with E-state index in [1.165, 1.54) is 0 Å². The average Bonchev–Trinajstić information content (AvgIpc) is 2.35. The quantitative estimate of drug-likeness (QED) is 0.844. The molecule has 0 atom stereocenters. The van der Waals surface area contributed by atoms with Gasteiger partial charge in [0.25, 0.3) is 5.91 Å². The average molecular weight is 235 g/mol. The third kappa shape index (κ3) is 3.82. The standard InChI is InChI=1S/C13H21N3O/c1-4-16(9-10(2)3)13(17)11-5-6-15-12(7-11)8-14/h5-7,10H,4,8-9,14H2,1-3H3. The number of amides is 1. The molecule has 1 rings (SSSR count). The number of rotatable bonds is 5. The maximum Gasteiger partial charge on any atom is 0.253 e. The highest BCUT2D eigenvalue weighted by molar-refractivity contribution is 5.94. The molecule has 0 aromatic carbocycles. The lowest BCUT2D eigenvalue weighted by Crippen LogP contribution is -2.34. The summed E-state index contributed by atoms with van der Waals surface area (Å²) in [5.74, 6) is 0.521. The number of hydrogen-bond donors (Lipinski definition) is 1. The van der Waals surface area contributed by atoms with Crippen molar-refractivity contribution in [1.82, 2.24) is 9.88 Å². The highest BCUT2D eigenvalue weighted by Gasteiger charge is 2.15. The minimum atomic E-state index is 0.0540. The summed E-state index contributed by atoms with van der Waals surface area (Å²) in [5, 5.41) is 0. The molecule has 94 valence electrons. The first-order chi connectivity index (χ1) is 8.08. The summed E-state index contributed by atoms with van der Waals surface area (Å²) >= 11 is 0. The summed E-state index contributed by atoms with van der Waals surface area (Å²) in [7, 11) is 0. The van der Waals surface area contributed by atoms with Gasteiger partial charge in [0.05, 0.1) is 5.69 Å². The SMILES string of the molecule is CCN(CC(C)C)C(=O)c1ccnc(CN)c1. The smallest absolute Gasteiger partial charge is 0.253 e. The van der Waals surface area contributed by atoms with Crippen molar-refractivity contribution in [2.75, 3.05) is 13.1 Å². The minimum Gasteiger partial charge on any atom is -0.339 e. The Labute approximate surface area is 103 Å². The maximum atomic E-state index is 12.2. The largest absolute Gasteiger partial charge is 0.339 e. The number of aromatic nitrogens is 1. The maximum absolute atomic E-state index is 12.2. The number of nitrogens with two attached hydrogens (primary N) is 1. The molecule has 1 aromatic heterocycles. The fourth-order valence-corrected chi connectivity index (χ4v) is 1.70. The van der Waals surface area contributed by atoms with Crippen molar-refractivity contribution >= 4 is 5.91 Å². The molecule has 17 heavy (non-hydrogen) atoms. The third-order valence-corrected chi connectivity index (χ3v) is 2.53. The number of hydrogen-bond acceptors (Lipinski definition) is 3. The van der Waals surface area contributed by atoms with Gasteiger partial charge >= 0.3 is 0 Å². The summed E-state index contributed by atoms with van der Waals surface area (Å²) in [6.45, 7) is 8.05. The Hall–Kier alpha value is -1.42. The Morgan fingerprint density at radius 1 is 1.53 bits per heavy atom. The van der Waals surface area contributed by atoms with Crippen molar-refractivity contribution in [2.45, 2.75) is 27.3 Å². The molecule has 0 radical (unpaired) electrons. The third-order valence-electron chi connectivity index (χ3n) is 2.53. The molecule has 0 fully saturated rings. The molecular formula is C13H21N3O. The van der Waals surface area contributed by atoms with E-state index < -0.39 is 0 Å². The zero-order chi connectivity index (χ0) is 12.8. The van der Waals surface area contributed by atoms with E-state index in [-0.39, 0.29) is 5.91 Å². The van der Waals surface area contributed by atoms with Crippen LogP contribution in [0.3, 0.4) is 0 Å². The number of carbonyl (C=O) groups is 1. The van der Waals surface area contributed by atoms with Crippen molar-refractivity contribution in [1.29, 1.82) is 0 Å². The van der Waals surface area contributed by atoms with E-state index in [4.69, 9.17) is 5.73 Å². The van der Waals surface area contributed by atoms with E-state index in [2.05, 4.69) is 18.8 Å². The summed E-state index contributed by atoms with van der Waals surface area (Å²) < 4.78 is 0. The van der Waals surface area contributed by atoms with Crippen LogP contribution >= 0.6 is 0 Å². The van der Waals surface area contributed by atoms with Crippen LogP contribution in [0, 0.1) is 5.92 Å². The van der Waals surface area contributed by atoms with E-state index in [1.54, 1.807) is 18.3 Å². The minimum absolute atomic E-state index is 0.0540. The van der Waals surface area contributed by atoms with Gasteiger partial charge in [-0.25, -0.2) is 0 Å². The first kappa shape index (κ1) is 13.6. The van der Waals surface area contributed by atoms with E-state index in [9.17, 15) is 4.79 Å². The van der Waals surface area contributed by atoms with Gasteiger partial charge < -0.3 is 10.6 Å². The first-order valence-corrected chi connectivity index (χ1v) is 6.02. The van der Waals surface area contributed by atoms with E-state index in [1.807, 2.05) is 11.8 Å². The summed E-state index contributed by atoms with van der Waals surface area (Å²) in [6, 6.07) is 3.51. The van der Waals surface area contributed by atoms with Gasteiger partial charge in [0.1, 0.15) is 0 Å². The highest BCUT2D eigenvalue weighted by Crippen LogP contribution is 2.08. The fourth-order valence-electron chi connectivity index (χ4n) is 1.70. The lowest BCUT2D eigenvalue weighted by atomic mass is 10.1. The number of pyridine rings is 1. The molecule has 1 heterocycles. The molecule has 0 saturated heterocycles. The summed E-state index contributed by atoms with van der Waals surface area (Å²) in [5.41, 5.74) is 6.94. The number of nitrogens with zero attached hydrogens (tertiary/aromatic N) is 2. The van der Waals surface area contributed by atoms with E-state index in [0.717, 1.165) is 18.8 Å². The highest BCUT2D eigenvalue weighted by atomic mass is 16.2. The van der Waals surface area contributed by atoms with Crippen molar-refractivity contribution in [3.8, 4) is 0 Å². The van der Waals surface area contributed by atoms with Gasteiger partial charge in [0.2, 0.25) is 0 Å². The first-order valence-electron chi connectivity index (χ1n) is 6.02. The van der Waals surface area contributed by atoms with Crippen LogP contribution in [-0.2, 0) is 6.54 Å². The van der Waals surface area contributed by atoms with Crippen LogP contribution in [0.15, 0.2) is 18.3 Å². The molecule has 4 nitrogen and oxygen atoms in total. The lowest BCUT2D eigenvalue weighted by Gasteiger charge is -2.23. The van der Waals surface area contributed by atoms with Crippen molar-refractivity contribution < 1.29 is 4.79 Å². The van der Waals surface area contributed by atoms with Crippen LogP contribution in [0.2, 0.25) is 0 Å². The molecule has 0 aliphatic rings. The van der Waals surface area contributed by atoms with Crippen LogP contribution in [-0.4, -0.2) is 28.9 Å². The van der Waals surface area contributed by atoms with Gasteiger partial charge in [-0.05, 0) is 25.0 Å². The molecule has 1 amide bonds. The second-order valence-corrected chi connectivity index (χ2v) is 4.48. The summed E-state index contributed by atoms with van der Waals surface area (Å²) in [6.07, 6.45) is 1.64. The van der Waals surface area contributed by atoms with Crippen molar-refractivity contribution in [2.24, 2.45) is 11.7 Å². The second kappa shape index (κ2) is 6.35. The molecule has 0 aliphatic heterocycles. The van der Waals surface area contributed by atoms with Crippen LogP contribution in [0.5, 0.6) is 0 Å². The molecular weight excluding hydrogens is 214 g/mol. The molecule has 0 spiro atoms. The van der Waals surface area contributed by atoms with Gasteiger partial charge in [-0.3, -0.25) is 9.78 Å².